The normalized spacial score (nSPS) is 14.4. The number of nitrogens with one attached hydrogen (secondary N) is 1. The second kappa shape index (κ2) is 5.70. The van der Waals surface area contributed by atoms with Gasteiger partial charge in [0.05, 0.1) is 5.69 Å². The van der Waals surface area contributed by atoms with E-state index in [-0.39, 0.29) is 5.91 Å². The van der Waals surface area contributed by atoms with Gasteiger partial charge in [-0.1, -0.05) is 36.4 Å². The molecule has 0 radical (unpaired) electrons. The van der Waals surface area contributed by atoms with E-state index in [0.717, 1.165) is 24.1 Å². The lowest BCUT2D eigenvalue weighted by Crippen LogP contribution is -2.25. The molecule has 0 bridgehead atoms. The molecule has 1 aliphatic carbocycles. The van der Waals surface area contributed by atoms with Crippen LogP contribution in [0.4, 0.5) is 0 Å². The zero-order chi connectivity index (χ0) is 13.8. The van der Waals surface area contributed by atoms with Crippen molar-refractivity contribution in [3.8, 4) is 0 Å². The Morgan fingerprint density at radius 3 is 2.70 bits per heavy atom. The van der Waals surface area contributed by atoms with E-state index < -0.39 is 0 Å². The molecule has 1 aliphatic rings. The predicted octanol–water partition coefficient (Wildman–Crippen LogP) is 3.14. The first-order chi connectivity index (χ1) is 9.81. The van der Waals surface area contributed by atoms with Crippen LogP contribution in [0.3, 0.4) is 0 Å². The van der Waals surface area contributed by atoms with Crippen molar-refractivity contribution >= 4 is 18.1 Å². The molecule has 1 amide bonds. The highest BCUT2D eigenvalue weighted by atomic mass is 16.1. The van der Waals surface area contributed by atoms with E-state index in [1.54, 1.807) is 12.3 Å². The second-order valence-corrected chi connectivity index (χ2v) is 4.96. The van der Waals surface area contributed by atoms with Gasteiger partial charge in [0.2, 0.25) is 0 Å². The standard InChI is InChI=1S/C17H16N2O/c20-17(19-15-8-9-15)14-10-11-18-16(12-14)7-6-13-4-2-1-3-5-13/h1-7,10-12,15H,8-9H2,(H,19,20)/b7-6+. The molecule has 1 saturated carbocycles. The molecule has 0 spiro atoms. The first-order valence-electron chi connectivity index (χ1n) is 6.81. The summed E-state index contributed by atoms with van der Waals surface area (Å²) in [5, 5.41) is 2.98. The minimum atomic E-state index is -0.00994. The molecule has 1 aromatic heterocycles. The average molecular weight is 264 g/mol. The van der Waals surface area contributed by atoms with E-state index in [0.29, 0.717) is 11.6 Å². The van der Waals surface area contributed by atoms with E-state index in [4.69, 9.17) is 0 Å². The summed E-state index contributed by atoms with van der Waals surface area (Å²) in [7, 11) is 0. The van der Waals surface area contributed by atoms with Gasteiger partial charge in [-0.05, 0) is 36.6 Å². The van der Waals surface area contributed by atoms with E-state index >= 15 is 0 Å². The number of pyridine rings is 1. The number of carbonyl (C=O) groups is 1. The third kappa shape index (κ3) is 3.32. The molecule has 0 atom stereocenters. The van der Waals surface area contributed by atoms with Crippen LogP contribution in [0.2, 0.25) is 0 Å². The Bertz CT molecular complexity index is 630. The smallest absolute Gasteiger partial charge is 0.251 e. The van der Waals surface area contributed by atoms with Gasteiger partial charge in [0.15, 0.2) is 0 Å². The van der Waals surface area contributed by atoms with Crippen molar-refractivity contribution in [3.63, 3.8) is 0 Å². The lowest BCUT2D eigenvalue weighted by atomic mass is 10.1. The first-order valence-corrected chi connectivity index (χ1v) is 6.81. The van der Waals surface area contributed by atoms with Gasteiger partial charge in [0, 0.05) is 17.8 Å². The van der Waals surface area contributed by atoms with Gasteiger partial charge in [-0.15, -0.1) is 0 Å². The van der Waals surface area contributed by atoms with Crippen LogP contribution in [0.1, 0.15) is 34.5 Å². The molecule has 3 rings (SSSR count). The average Bonchev–Trinajstić information content (AvgIpc) is 3.30. The van der Waals surface area contributed by atoms with Crippen LogP contribution in [0.25, 0.3) is 12.2 Å². The summed E-state index contributed by atoms with van der Waals surface area (Å²) in [4.78, 5) is 16.2. The van der Waals surface area contributed by atoms with Crippen LogP contribution < -0.4 is 5.32 Å². The molecule has 1 heterocycles. The quantitative estimate of drug-likeness (QED) is 0.921. The van der Waals surface area contributed by atoms with Crippen LogP contribution in [0.5, 0.6) is 0 Å². The summed E-state index contributed by atoms with van der Waals surface area (Å²) in [6.07, 6.45) is 7.77. The topological polar surface area (TPSA) is 42.0 Å². The fraction of sp³-hybridized carbons (Fsp3) is 0.176. The first kappa shape index (κ1) is 12.6. The Balaban J connectivity index is 1.73. The molecule has 3 heteroatoms. The summed E-state index contributed by atoms with van der Waals surface area (Å²) in [5.74, 6) is -0.00994. The van der Waals surface area contributed by atoms with Crippen LogP contribution in [-0.4, -0.2) is 16.9 Å². The lowest BCUT2D eigenvalue weighted by molar-refractivity contribution is 0.0951. The van der Waals surface area contributed by atoms with Gasteiger partial charge in [-0.2, -0.15) is 0 Å². The fourth-order valence-corrected chi connectivity index (χ4v) is 1.92. The SMILES string of the molecule is O=C(NC1CC1)c1ccnc(/C=C/c2ccccc2)c1. The van der Waals surface area contributed by atoms with Crippen molar-refractivity contribution in [2.45, 2.75) is 18.9 Å². The summed E-state index contributed by atoms with van der Waals surface area (Å²) in [6, 6.07) is 14.0. The van der Waals surface area contributed by atoms with Crippen molar-refractivity contribution < 1.29 is 4.79 Å². The molecule has 3 nitrogen and oxygen atoms in total. The van der Waals surface area contributed by atoms with Crippen molar-refractivity contribution in [1.29, 1.82) is 0 Å². The van der Waals surface area contributed by atoms with Crippen LogP contribution >= 0.6 is 0 Å². The largest absolute Gasteiger partial charge is 0.349 e. The van der Waals surface area contributed by atoms with Gasteiger partial charge >= 0.3 is 0 Å². The summed E-state index contributed by atoms with van der Waals surface area (Å²) >= 11 is 0. The molecular formula is C17H16N2O. The van der Waals surface area contributed by atoms with Gasteiger partial charge < -0.3 is 5.32 Å². The fourth-order valence-electron chi connectivity index (χ4n) is 1.92. The molecule has 1 fully saturated rings. The third-order valence-corrected chi connectivity index (χ3v) is 3.20. The molecule has 1 aromatic carbocycles. The number of aromatic nitrogens is 1. The van der Waals surface area contributed by atoms with Gasteiger partial charge in [0.1, 0.15) is 0 Å². The number of hydrogen-bond donors (Lipinski definition) is 1. The molecule has 0 saturated heterocycles. The molecule has 20 heavy (non-hydrogen) atoms. The maximum Gasteiger partial charge on any atom is 0.251 e. The van der Waals surface area contributed by atoms with Gasteiger partial charge in [-0.3, -0.25) is 9.78 Å². The number of nitrogens with zero attached hydrogens (tertiary/aromatic N) is 1. The lowest BCUT2D eigenvalue weighted by Gasteiger charge is -2.03. The van der Waals surface area contributed by atoms with E-state index in [2.05, 4.69) is 10.3 Å². The maximum absolute atomic E-state index is 12.0. The van der Waals surface area contributed by atoms with E-state index in [1.165, 1.54) is 0 Å². The molecule has 0 unspecified atom stereocenters. The van der Waals surface area contributed by atoms with E-state index in [9.17, 15) is 4.79 Å². The molecule has 1 N–H and O–H groups in total. The Morgan fingerprint density at radius 1 is 1.15 bits per heavy atom. The number of amides is 1. The highest BCUT2D eigenvalue weighted by Gasteiger charge is 2.23. The summed E-state index contributed by atoms with van der Waals surface area (Å²) in [5.41, 5.74) is 2.57. The van der Waals surface area contributed by atoms with Crippen LogP contribution in [0.15, 0.2) is 48.7 Å². The van der Waals surface area contributed by atoms with Gasteiger partial charge in [0.25, 0.3) is 5.91 Å². The summed E-state index contributed by atoms with van der Waals surface area (Å²) < 4.78 is 0. The van der Waals surface area contributed by atoms with Crippen LogP contribution in [0, 0.1) is 0 Å². The maximum atomic E-state index is 12.0. The Kier molecular flexibility index (Phi) is 3.59. The zero-order valence-corrected chi connectivity index (χ0v) is 11.1. The molecule has 2 aromatic rings. The minimum absolute atomic E-state index is 0.00994. The van der Waals surface area contributed by atoms with E-state index in [1.807, 2.05) is 48.6 Å². The predicted molar refractivity (Wildman–Crippen MR) is 80.1 cm³/mol. The number of benzene rings is 1. The van der Waals surface area contributed by atoms with Crippen LogP contribution in [-0.2, 0) is 0 Å². The monoisotopic (exact) mass is 264 g/mol. The van der Waals surface area contributed by atoms with Crippen molar-refractivity contribution in [3.05, 3.63) is 65.5 Å². The third-order valence-electron chi connectivity index (χ3n) is 3.20. The Morgan fingerprint density at radius 2 is 1.95 bits per heavy atom. The zero-order valence-electron chi connectivity index (χ0n) is 11.1. The number of hydrogen-bond acceptors (Lipinski definition) is 2. The Hall–Kier alpha value is -2.42. The molecule has 0 aliphatic heterocycles. The molecular weight excluding hydrogens is 248 g/mol. The Labute approximate surface area is 118 Å². The second-order valence-electron chi connectivity index (χ2n) is 4.96. The number of rotatable bonds is 4. The van der Waals surface area contributed by atoms with Crippen molar-refractivity contribution in [2.75, 3.05) is 0 Å². The molecule has 100 valence electrons. The minimum Gasteiger partial charge on any atom is -0.349 e. The highest BCUT2D eigenvalue weighted by molar-refractivity contribution is 5.95. The summed E-state index contributed by atoms with van der Waals surface area (Å²) in [6.45, 7) is 0. The number of carbonyl (C=O) groups excluding carboxylic acids is 1. The van der Waals surface area contributed by atoms with Crippen molar-refractivity contribution in [2.24, 2.45) is 0 Å². The highest BCUT2D eigenvalue weighted by Crippen LogP contribution is 2.19. The van der Waals surface area contributed by atoms with Crippen molar-refractivity contribution in [1.82, 2.24) is 10.3 Å². The van der Waals surface area contributed by atoms with Gasteiger partial charge in [-0.25, -0.2) is 0 Å².